The van der Waals surface area contributed by atoms with Crippen LogP contribution in [0.1, 0.15) is 5.56 Å². The predicted octanol–water partition coefficient (Wildman–Crippen LogP) is 1.26. The lowest BCUT2D eigenvalue weighted by atomic mass is 10.1. The normalized spacial score (nSPS) is 17.0. The van der Waals surface area contributed by atoms with Crippen molar-refractivity contribution in [2.45, 2.75) is 6.54 Å². The van der Waals surface area contributed by atoms with Crippen molar-refractivity contribution in [1.29, 1.82) is 0 Å². The minimum absolute atomic E-state index is 0.479. The number of aromatic nitrogens is 1. The fourth-order valence-electron chi connectivity index (χ4n) is 2.42. The highest BCUT2D eigenvalue weighted by Gasteiger charge is 2.19. The van der Waals surface area contributed by atoms with E-state index < -0.39 is 10.8 Å². The molecule has 2 aromatic rings. The Morgan fingerprint density at radius 1 is 1.26 bits per heavy atom. The van der Waals surface area contributed by atoms with Crippen LogP contribution >= 0.6 is 0 Å². The van der Waals surface area contributed by atoms with Crippen LogP contribution in [-0.2, 0) is 17.3 Å². The van der Waals surface area contributed by atoms with Gasteiger partial charge in [0.15, 0.2) is 0 Å². The molecule has 19 heavy (non-hydrogen) atoms. The highest BCUT2D eigenvalue weighted by molar-refractivity contribution is 7.85. The molecule has 0 unspecified atom stereocenters. The van der Waals surface area contributed by atoms with E-state index in [9.17, 15) is 4.21 Å². The largest absolute Gasteiger partial charge is 0.354 e. The molecular weight excluding hydrogens is 258 g/mol. The summed E-state index contributed by atoms with van der Waals surface area (Å²) in [4.78, 5) is 6.95. The number of anilines is 1. The van der Waals surface area contributed by atoms with Crippen molar-refractivity contribution in [3.05, 3.63) is 35.9 Å². The molecule has 0 bridgehead atoms. The van der Waals surface area contributed by atoms with Crippen LogP contribution in [0.25, 0.3) is 10.9 Å². The molecule has 1 aromatic heterocycles. The first-order valence-electron chi connectivity index (χ1n) is 6.46. The fourth-order valence-corrected chi connectivity index (χ4v) is 3.48. The highest BCUT2D eigenvalue weighted by Crippen LogP contribution is 2.24. The molecule has 1 saturated heterocycles. The highest BCUT2D eigenvalue weighted by atomic mass is 32.2. The van der Waals surface area contributed by atoms with Gasteiger partial charge < -0.3 is 10.6 Å². The summed E-state index contributed by atoms with van der Waals surface area (Å²) in [5.74, 6) is 2.40. The van der Waals surface area contributed by atoms with Crippen molar-refractivity contribution in [3.63, 3.8) is 0 Å². The van der Waals surface area contributed by atoms with E-state index >= 15 is 0 Å². The lowest BCUT2D eigenvalue weighted by Crippen LogP contribution is -2.39. The molecule has 0 spiro atoms. The van der Waals surface area contributed by atoms with E-state index in [1.54, 1.807) is 0 Å². The number of rotatable bonds is 2. The van der Waals surface area contributed by atoms with Gasteiger partial charge >= 0.3 is 0 Å². The van der Waals surface area contributed by atoms with Gasteiger partial charge in [0.1, 0.15) is 5.82 Å². The van der Waals surface area contributed by atoms with E-state index in [1.807, 2.05) is 18.2 Å². The van der Waals surface area contributed by atoms with E-state index in [1.165, 1.54) is 0 Å². The molecule has 0 aliphatic carbocycles. The van der Waals surface area contributed by atoms with Gasteiger partial charge in [-0.15, -0.1) is 0 Å². The number of nitrogens with zero attached hydrogens (tertiary/aromatic N) is 2. The van der Waals surface area contributed by atoms with Crippen LogP contribution in [0.15, 0.2) is 30.3 Å². The van der Waals surface area contributed by atoms with Gasteiger partial charge in [-0.1, -0.05) is 18.2 Å². The van der Waals surface area contributed by atoms with Crippen molar-refractivity contribution >= 4 is 27.5 Å². The third-order valence-electron chi connectivity index (χ3n) is 3.48. The van der Waals surface area contributed by atoms with Gasteiger partial charge in [-0.3, -0.25) is 4.21 Å². The Bertz CT molecular complexity index is 619. The van der Waals surface area contributed by atoms with E-state index in [0.717, 1.165) is 46.9 Å². The number of benzene rings is 1. The van der Waals surface area contributed by atoms with Crippen molar-refractivity contribution < 1.29 is 4.21 Å². The zero-order chi connectivity index (χ0) is 13.2. The number of fused-ring (bicyclic) bond motifs is 1. The van der Waals surface area contributed by atoms with Crippen molar-refractivity contribution in [2.75, 3.05) is 29.5 Å². The van der Waals surface area contributed by atoms with Gasteiger partial charge in [-0.2, -0.15) is 0 Å². The standard InChI is InChI=1S/C14H17N3OS/c15-10-12-9-11-3-1-2-4-13(11)16-14(12)17-5-7-19(18)8-6-17/h1-4,9H,5-8,10,15H2. The molecule has 3 rings (SSSR count). The summed E-state index contributed by atoms with van der Waals surface area (Å²) < 4.78 is 11.4. The minimum Gasteiger partial charge on any atom is -0.354 e. The molecule has 2 heterocycles. The van der Waals surface area contributed by atoms with Crippen LogP contribution in [0.3, 0.4) is 0 Å². The Labute approximate surface area is 115 Å². The average molecular weight is 275 g/mol. The van der Waals surface area contributed by atoms with Crippen LogP contribution in [-0.4, -0.2) is 33.8 Å². The van der Waals surface area contributed by atoms with Gasteiger partial charge in [-0.25, -0.2) is 4.98 Å². The predicted molar refractivity (Wildman–Crippen MR) is 79.7 cm³/mol. The molecule has 1 aromatic carbocycles. The molecule has 0 radical (unpaired) electrons. The molecule has 1 fully saturated rings. The van der Waals surface area contributed by atoms with Gasteiger partial charge in [0.05, 0.1) is 5.52 Å². The molecule has 100 valence electrons. The smallest absolute Gasteiger partial charge is 0.133 e. The Kier molecular flexibility index (Phi) is 3.48. The van der Waals surface area contributed by atoms with Gasteiger partial charge in [-0.05, 0) is 12.1 Å². The first-order valence-corrected chi connectivity index (χ1v) is 7.95. The van der Waals surface area contributed by atoms with Crippen LogP contribution < -0.4 is 10.6 Å². The first-order chi connectivity index (χ1) is 9.28. The second-order valence-corrected chi connectivity index (χ2v) is 6.40. The summed E-state index contributed by atoms with van der Waals surface area (Å²) in [6, 6.07) is 10.2. The third-order valence-corrected chi connectivity index (χ3v) is 4.75. The lowest BCUT2D eigenvalue weighted by molar-refractivity contribution is 0.672. The van der Waals surface area contributed by atoms with E-state index in [-0.39, 0.29) is 0 Å². The number of pyridine rings is 1. The third kappa shape index (κ3) is 2.48. The number of hydrogen-bond donors (Lipinski definition) is 1. The van der Waals surface area contributed by atoms with Gasteiger partial charge in [0, 0.05) is 52.9 Å². The SMILES string of the molecule is NCc1cc2ccccc2nc1N1CCS(=O)CC1. The summed E-state index contributed by atoms with van der Waals surface area (Å²) in [6.45, 7) is 2.07. The summed E-state index contributed by atoms with van der Waals surface area (Å²) in [6.07, 6.45) is 0. The zero-order valence-electron chi connectivity index (χ0n) is 10.7. The van der Waals surface area contributed by atoms with Crippen molar-refractivity contribution in [1.82, 2.24) is 4.98 Å². The molecular formula is C14H17N3OS. The molecule has 0 atom stereocenters. The molecule has 5 heteroatoms. The van der Waals surface area contributed by atoms with E-state index in [0.29, 0.717) is 6.54 Å². The zero-order valence-corrected chi connectivity index (χ0v) is 11.5. The molecule has 2 N–H and O–H groups in total. The van der Waals surface area contributed by atoms with Crippen LogP contribution in [0.5, 0.6) is 0 Å². The molecule has 1 aliphatic heterocycles. The Morgan fingerprint density at radius 2 is 2.00 bits per heavy atom. The molecule has 0 saturated carbocycles. The Hall–Kier alpha value is -1.46. The quantitative estimate of drug-likeness (QED) is 0.896. The second kappa shape index (κ2) is 5.27. The summed E-state index contributed by atoms with van der Waals surface area (Å²) >= 11 is 0. The first kappa shape index (κ1) is 12.6. The number of hydrogen-bond acceptors (Lipinski definition) is 4. The number of nitrogens with two attached hydrogens (primary N) is 1. The Morgan fingerprint density at radius 3 is 2.74 bits per heavy atom. The van der Waals surface area contributed by atoms with Crippen molar-refractivity contribution in [2.24, 2.45) is 5.73 Å². The lowest BCUT2D eigenvalue weighted by Gasteiger charge is -2.29. The summed E-state index contributed by atoms with van der Waals surface area (Å²) in [7, 11) is -0.671. The summed E-state index contributed by atoms with van der Waals surface area (Å²) in [5, 5.41) is 1.12. The van der Waals surface area contributed by atoms with E-state index in [4.69, 9.17) is 10.7 Å². The minimum atomic E-state index is -0.671. The fraction of sp³-hybridized carbons (Fsp3) is 0.357. The van der Waals surface area contributed by atoms with Crippen LogP contribution in [0.2, 0.25) is 0 Å². The van der Waals surface area contributed by atoms with E-state index in [2.05, 4.69) is 17.0 Å². The maximum Gasteiger partial charge on any atom is 0.133 e. The van der Waals surface area contributed by atoms with Gasteiger partial charge in [0.25, 0.3) is 0 Å². The van der Waals surface area contributed by atoms with Gasteiger partial charge in [0.2, 0.25) is 0 Å². The molecule has 0 amide bonds. The monoisotopic (exact) mass is 275 g/mol. The topological polar surface area (TPSA) is 59.2 Å². The second-order valence-electron chi connectivity index (χ2n) is 4.70. The number of para-hydroxylation sites is 1. The maximum absolute atomic E-state index is 11.4. The summed E-state index contributed by atoms with van der Waals surface area (Å²) in [5.41, 5.74) is 7.90. The molecule has 1 aliphatic rings. The maximum atomic E-state index is 11.4. The average Bonchev–Trinajstić information content (AvgIpc) is 2.46. The van der Waals surface area contributed by atoms with Crippen LogP contribution in [0.4, 0.5) is 5.82 Å². The molecule has 4 nitrogen and oxygen atoms in total. The van der Waals surface area contributed by atoms with Crippen LogP contribution in [0, 0.1) is 0 Å². The Balaban J connectivity index is 2.03. The van der Waals surface area contributed by atoms with Crippen molar-refractivity contribution in [3.8, 4) is 0 Å².